The highest BCUT2D eigenvalue weighted by molar-refractivity contribution is 6.17. The monoisotopic (exact) mass is 305 g/mol. The van der Waals surface area contributed by atoms with Crippen molar-refractivity contribution in [3.05, 3.63) is 65.9 Å². The lowest BCUT2D eigenvalue weighted by Gasteiger charge is -2.09. The highest BCUT2D eigenvalue weighted by Gasteiger charge is 2.14. The first kappa shape index (κ1) is 13.8. The lowest BCUT2D eigenvalue weighted by atomic mass is 10.2. The number of ether oxygens (including phenoxy) is 1. The van der Waals surface area contributed by atoms with Crippen LogP contribution in [-0.2, 0) is 5.88 Å². The van der Waals surface area contributed by atoms with E-state index in [2.05, 4.69) is 4.98 Å². The van der Waals surface area contributed by atoms with Crippen molar-refractivity contribution in [3.8, 4) is 11.5 Å². The smallest absolute Gasteiger partial charge is 0.198 e. The highest BCUT2D eigenvalue weighted by Crippen LogP contribution is 2.30. The van der Waals surface area contributed by atoms with Crippen molar-refractivity contribution in [3.63, 3.8) is 0 Å². The van der Waals surface area contributed by atoms with Gasteiger partial charge in [0.1, 0.15) is 5.75 Å². The molecule has 1 heterocycles. The Morgan fingerprint density at radius 2 is 1.76 bits per heavy atom. The van der Waals surface area contributed by atoms with Crippen LogP contribution in [0.1, 0.15) is 5.56 Å². The number of rotatable bonds is 3. The van der Waals surface area contributed by atoms with Crippen LogP contribution in [0.2, 0.25) is 0 Å². The molecule has 0 aliphatic carbocycles. The maximum Gasteiger partial charge on any atom is 0.198 e. The summed E-state index contributed by atoms with van der Waals surface area (Å²) in [6, 6.07) is 11.4. The first-order chi connectivity index (χ1) is 10.2. The van der Waals surface area contributed by atoms with Gasteiger partial charge in [-0.25, -0.2) is 8.78 Å². The van der Waals surface area contributed by atoms with Gasteiger partial charge in [0.15, 0.2) is 17.4 Å². The topological polar surface area (TPSA) is 22.1 Å². The summed E-state index contributed by atoms with van der Waals surface area (Å²) in [4.78, 5) is 4.18. The van der Waals surface area contributed by atoms with Crippen LogP contribution in [0.3, 0.4) is 0 Å². The minimum atomic E-state index is -0.793. The Kier molecular flexibility index (Phi) is 3.71. The molecule has 3 aromatic rings. The minimum absolute atomic E-state index is 0.0334. The molecule has 0 fully saturated rings. The molecule has 1 aromatic heterocycles. The maximum absolute atomic E-state index is 13.9. The predicted molar refractivity (Wildman–Crippen MR) is 77.7 cm³/mol. The Labute approximate surface area is 125 Å². The second-order valence-electron chi connectivity index (χ2n) is 4.49. The van der Waals surface area contributed by atoms with E-state index >= 15 is 0 Å². The van der Waals surface area contributed by atoms with Crippen molar-refractivity contribution in [2.45, 2.75) is 5.88 Å². The van der Waals surface area contributed by atoms with Crippen molar-refractivity contribution in [2.75, 3.05) is 0 Å². The fourth-order valence-corrected chi connectivity index (χ4v) is 2.17. The largest absolute Gasteiger partial charge is 0.450 e. The number of pyridine rings is 1. The zero-order chi connectivity index (χ0) is 14.8. The predicted octanol–water partition coefficient (Wildman–Crippen LogP) is 5.04. The van der Waals surface area contributed by atoms with Gasteiger partial charge in [0.05, 0.1) is 11.7 Å². The molecular formula is C16H10ClF2NO. The van der Waals surface area contributed by atoms with E-state index in [0.29, 0.717) is 5.56 Å². The molecule has 0 aliphatic heterocycles. The molecule has 0 aliphatic rings. The number of aromatic nitrogens is 1. The van der Waals surface area contributed by atoms with Crippen LogP contribution in [-0.4, -0.2) is 4.98 Å². The van der Waals surface area contributed by atoms with E-state index in [0.717, 1.165) is 23.0 Å². The number of para-hydroxylation sites is 1. The average molecular weight is 306 g/mol. The van der Waals surface area contributed by atoms with Crippen LogP contribution in [0, 0.1) is 11.6 Å². The first-order valence-electron chi connectivity index (χ1n) is 6.24. The third-order valence-corrected chi connectivity index (χ3v) is 3.31. The second kappa shape index (κ2) is 5.66. The van der Waals surface area contributed by atoms with Gasteiger partial charge in [0.25, 0.3) is 0 Å². The van der Waals surface area contributed by atoms with Crippen molar-refractivity contribution < 1.29 is 13.5 Å². The van der Waals surface area contributed by atoms with Gasteiger partial charge in [-0.1, -0.05) is 18.2 Å². The molecular weight excluding hydrogens is 296 g/mol. The number of nitrogens with zero attached hydrogens (tertiary/aromatic N) is 1. The van der Waals surface area contributed by atoms with Crippen molar-refractivity contribution in [1.82, 2.24) is 4.98 Å². The average Bonchev–Trinajstić information content (AvgIpc) is 2.50. The number of halogens is 3. The van der Waals surface area contributed by atoms with Gasteiger partial charge in [0, 0.05) is 11.3 Å². The maximum atomic E-state index is 13.9. The summed E-state index contributed by atoms with van der Waals surface area (Å²) in [5.41, 5.74) is 1.14. The summed E-state index contributed by atoms with van der Waals surface area (Å²) in [6.07, 6.45) is 1.43. The number of hydrogen-bond donors (Lipinski definition) is 0. The Morgan fingerprint density at radius 3 is 2.48 bits per heavy atom. The molecule has 0 saturated heterocycles. The molecule has 5 heteroatoms. The second-order valence-corrected chi connectivity index (χ2v) is 4.76. The van der Waals surface area contributed by atoms with Gasteiger partial charge < -0.3 is 4.74 Å². The molecule has 21 heavy (non-hydrogen) atoms. The molecule has 0 N–H and O–H groups in total. The molecule has 0 saturated carbocycles. The third-order valence-electron chi connectivity index (χ3n) is 3.00. The molecule has 3 rings (SSSR count). The number of hydrogen-bond acceptors (Lipinski definition) is 2. The van der Waals surface area contributed by atoms with Crippen LogP contribution >= 0.6 is 11.6 Å². The van der Waals surface area contributed by atoms with E-state index in [1.54, 1.807) is 6.07 Å². The molecule has 106 valence electrons. The molecule has 0 atom stereocenters. The lowest BCUT2D eigenvalue weighted by molar-refractivity contribution is 0.406. The zero-order valence-electron chi connectivity index (χ0n) is 10.8. The Bertz CT molecular complexity index is 784. The minimum Gasteiger partial charge on any atom is -0.450 e. The number of benzene rings is 2. The van der Waals surface area contributed by atoms with Gasteiger partial charge in [-0.15, -0.1) is 11.6 Å². The van der Waals surface area contributed by atoms with Crippen LogP contribution < -0.4 is 4.74 Å². The van der Waals surface area contributed by atoms with Crippen molar-refractivity contribution >= 4 is 22.5 Å². The Hall–Kier alpha value is -2.20. The van der Waals surface area contributed by atoms with Gasteiger partial charge in [-0.3, -0.25) is 4.98 Å². The Morgan fingerprint density at radius 1 is 1.05 bits per heavy atom. The lowest BCUT2D eigenvalue weighted by Crippen LogP contribution is -1.95. The summed E-state index contributed by atoms with van der Waals surface area (Å²) in [7, 11) is 0. The highest BCUT2D eigenvalue weighted by atomic mass is 35.5. The van der Waals surface area contributed by atoms with Gasteiger partial charge in [-0.05, 0) is 29.8 Å². The SMILES string of the molecule is Fc1cc(CCl)cc(F)c1Oc1cnc2ccccc2c1. The van der Waals surface area contributed by atoms with Gasteiger partial charge in [0.2, 0.25) is 0 Å². The Balaban J connectivity index is 1.98. The standard InChI is InChI=1S/C16H10ClF2NO/c17-8-10-5-13(18)16(14(19)6-10)21-12-7-11-3-1-2-4-15(11)20-9-12/h1-7,9H,8H2. The zero-order valence-corrected chi connectivity index (χ0v) is 11.6. The van der Waals surface area contributed by atoms with Crippen molar-refractivity contribution in [1.29, 1.82) is 0 Å². The molecule has 0 radical (unpaired) electrons. The normalized spacial score (nSPS) is 10.8. The van der Waals surface area contributed by atoms with E-state index in [1.165, 1.54) is 6.20 Å². The summed E-state index contributed by atoms with van der Waals surface area (Å²) in [5, 5.41) is 0.827. The van der Waals surface area contributed by atoms with E-state index in [4.69, 9.17) is 16.3 Å². The van der Waals surface area contributed by atoms with Gasteiger partial charge in [-0.2, -0.15) is 0 Å². The van der Waals surface area contributed by atoms with E-state index in [-0.39, 0.29) is 11.6 Å². The molecule has 0 bridgehead atoms. The van der Waals surface area contributed by atoms with Crippen molar-refractivity contribution in [2.24, 2.45) is 0 Å². The third kappa shape index (κ3) is 2.81. The summed E-state index contributed by atoms with van der Waals surface area (Å²) < 4.78 is 33.0. The molecule has 0 spiro atoms. The summed E-state index contributed by atoms with van der Waals surface area (Å²) in [6.45, 7) is 0. The fourth-order valence-electron chi connectivity index (χ4n) is 2.01. The van der Waals surface area contributed by atoms with E-state index in [9.17, 15) is 8.78 Å². The van der Waals surface area contributed by atoms with Crippen LogP contribution in [0.4, 0.5) is 8.78 Å². The van der Waals surface area contributed by atoms with E-state index < -0.39 is 17.4 Å². The van der Waals surface area contributed by atoms with Crippen LogP contribution in [0.5, 0.6) is 11.5 Å². The molecule has 0 amide bonds. The molecule has 0 unspecified atom stereocenters. The number of alkyl halides is 1. The van der Waals surface area contributed by atoms with Gasteiger partial charge >= 0.3 is 0 Å². The molecule has 2 nitrogen and oxygen atoms in total. The summed E-state index contributed by atoms with van der Waals surface area (Å²) >= 11 is 5.56. The van der Waals surface area contributed by atoms with Crippen LogP contribution in [0.25, 0.3) is 10.9 Å². The first-order valence-corrected chi connectivity index (χ1v) is 6.77. The van der Waals surface area contributed by atoms with Crippen LogP contribution in [0.15, 0.2) is 48.7 Å². The summed E-state index contributed by atoms with van der Waals surface area (Å²) in [5.74, 6) is -1.74. The quantitative estimate of drug-likeness (QED) is 0.632. The number of fused-ring (bicyclic) bond motifs is 1. The fraction of sp³-hybridized carbons (Fsp3) is 0.0625. The van der Waals surface area contributed by atoms with E-state index in [1.807, 2.05) is 24.3 Å². The molecule has 2 aromatic carbocycles.